The highest BCUT2D eigenvalue weighted by molar-refractivity contribution is 7.11. The predicted octanol–water partition coefficient (Wildman–Crippen LogP) is 2.16. The molecule has 0 spiro atoms. The molecule has 1 aliphatic rings. The van der Waals surface area contributed by atoms with Crippen molar-refractivity contribution in [2.75, 3.05) is 33.2 Å². The van der Waals surface area contributed by atoms with Crippen LogP contribution in [-0.4, -0.2) is 49.1 Å². The Morgan fingerprint density at radius 2 is 2.05 bits per heavy atom. The van der Waals surface area contributed by atoms with Crippen molar-refractivity contribution in [3.8, 4) is 0 Å². The highest BCUT2D eigenvalue weighted by Gasteiger charge is 2.16. The number of nitrogens with one attached hydrogen (secondary N) is 2. The number of likely N-dealkylation sites (tertiary alicyclic amines) is 1. The molecule has 2 rings (SSSR count). The Kier molecular flexibility index (Phi) is 6.64. The van der Waals surface area contributed by atoms with E-state index in [1.165, 1.54) is 30.8 Å². The van der Waals surface area contributed by atoms with Crippen LogP contribution < -0.4 is 10.6 Å². The van der Waals surface area contributed by atoms with E-state index in [4.69, 9.17) is 0 Å². The molecule has 6 heteroatoms. The van der Waals surface area contributed by atoms with Crippen molar-refractivity contribution >= 4 is 17.3 Å². The lowest BCUT2D eigenvalue weighted by Gasteiger charge is -2.29. The van der Waals surface area contributed by atoms with Crippen molar-refractivity contribution in [3.05, 3.63) is 15.6 Å². The summed E-state index contributed by atoms with van der Waals surface area (Å²) in [4.78, 5) is 12.9. The van der Waals surface area contributed by atoms with Gasteiger partial charge >= 0.3 is 0 Å². The van der Waals surface area contributed by atoms with Crippen LogP contribution in [0.2, 0.25) is 0 Å². The van der Waals surface area contributed by atoms with Crippen LogP contribution in [0.5, 0.6) is 0 Å². The van der Waals surface area contributed by atoms with Gasteiger partial charge in [0.2, 0.25) is 0 Å². The molecule has 1 aromatic heterocycles. The third-order valence-electron chi connectivity index (χ3n) is 4.19. The molecule has 2 N–H and O–H groups in total. The normalized spacial score (nSPS) is 17.7. The second-order valence-electron chi connectivity index (χ2n) is 6.07. The monoisotopic (exact) mass is 323 g/mol. The van der Waals surface area contributed by atoms with Gasteiger partial charge in [0.05, 0.1) is 12.2 Å². The van der Waals surface area contributed by atoms with Crippen LogP contribution in [0.3, 0.4) is 0 Å². The van der Waals surface area contributed by atoms with Gasteiger partial charge in [0.15, 0.2) is 5.96 Å². The summed E-state index contributed by atoms with van der Waals surface area (Å²) in [5, 5.41) is 7.91. The predicted molar refractivity (Wildman–Crippen MR) is 94.6 cm³/mol. The number of piperidine rings is 1. The van der Waals surface area contributed by atoms with Gasteiger partial charge in [-0.1, -0.05) is 0 Å². The molecule has 1 fully saturated rings. The van der Waals surface area contributed by atoms with Crippen LogP contribution in [0, 0.1) is 19.8 Å². The molecule has 0 bridgehead atoms. The number of thiazole rings is 1. The molecule has 0 aliphatic carbocycles. The number of hydrogen-bond acceptors (Lipinski definition) is 4. The Labute approximate surface area is 138 Å². The van der Waals surface area contributed by atoms with E-state index in [9.17, 15) is 0 Å². The molecule has 22 heavy (non-hydrogen) atoms. The third-order valence-corrected chi connectivity index (χ3v) is 5.24. The molecule has 1 saturated heterocycles. The molecule has 0 unspecified atom stereocenters. The number of rotatable bonds is 5. The molecule has 0 amide bonds. The quantitative estimate of drug-likeness (QED) is 0.644. The summed E-state index contributed by atoms with van der Waals surface area (Å²) >= 11 is 1.74. The van der Waals surface area contributed by atoms with Crippen molar-refractivity contribution in [3.63, 3.8) is 0 Å². The fourth-order valence-corrected chi connectivity index (χ4v) is 3.46. The molecule has 124 valence electrons. The van der Waals surface area contributed by atoms with Gasteiger partial charge in [-0.25, -0.2) is 9.98 Å². The Morgan fingerprint density at radius 1 is 1.32 bits per heavy atom. The summed E-state index contributed by atoms with van der Waals surface area (Å²) in [5.41, 5.74) is 1.12. The maximum Gasteiger partial charge on any atom is 0.191 e. The maximum atomic E-state index is 4.67. The zero-order valence-electron chi connectivity index (χ0n) is 14.3. The molecule has 0 radical (unpaired) electrons. The molecule has 1 aromatic rings. The first-order chi connectivity index (χ1) is 10.6. The summed E-state index contributed by atoms with van der Waals surface area (Å²) in [5.74, 6) is 1.66. The molecule has 5 nitrogen and oxygen atoms in total. The Morgan fingerprint density at radius 3 is 2.64 bits per heavy atom. The van der Waals surface area contributed by atoms with E-state index in [0.717, 1.165) is 35.7 Å². The zero-order chi connectivity index (χ0) is 15.9. The van der Waals surface area contributed by atoms with Crippen LogP contribution in [0.25, 0.3) is 0 Å². The molecule has 0 atom stereocenters. The zero-order valence-corrected chi connectivity index (χ0v) is 15.1. The molecular weight excluding hydrogens is 294 g/mol. The average molecular weight is 324 g/mol. The smallest absolute Gasteiger partial charge is 0.191 e. The summed E-state index contributed by atoms with van der Waals surface area (Å²) in [6.07, 6.45) is 2.54. The average Bonchev–Trinajstić information content (AvgIpc) is 2.82. The van der Waals surface area contributed by atoms with E-state index in [-0.39, 0.29) is 0 Å². The van der Waals surface area contributed by atoms with Crippen LogP contribution in [0.1, 0.15) is 35.3 Å². The first-order valence-corrected chi connectivity index (χ1v) is 9.03. The largest absolute Gasteiger partial charge is 0.357 e. The van der Waals surface area contributed by atoms with Gasteiger partial charge in [-0.15, -0.1) is 11.3 Å². The molecule has 1 aliphatic heterocycles. The van der Waals surface area contributed by atoms with Gasteiger partial charge in [-0.3, -0.25) is 0 Å². The number of aromatic nitrogens is 1. The SMILES string of the molecule is CCNC(=NCc1nc(C)c(C)s1)NCC1CCN(C)CC1. The van der Waals surface area contributed by atoms with Crippen LogP contribution in [-0.2, 0) is 6.54 Å². The number of aliphatic imine (C=N–C) groups is 1. The number of guanidine groups is 1. The van der Waals surface area contributed by atoms with Crippen molar-refractivity contribution in [2.45, 2.75) is 40.2 Å². The van der Waals surface area contributed by atoms with Crippen molar-refractivity contribution in [1.29, 1.82) is 0 Å². The van der Waals surface area contributed by atoms with Gasteiger partial charge in [0.1, 0.15) is 5.01 Å². The molecular formula is C16H29N5S. The second kappa shape index (κ2) is 8.48. The van der Waals surface area contributed by atoms with E-state index >= 15 is 0 Å². The summed E-state index contributed by atoms with van der Waals surface area (Å²) in [6.45, 7) is 11.2. The Bertz CT molecular complexity index is 469. The summed E-state index contributed by atoms with van der Waals surface area (Å²) in [7, 11) is 2.20. The highest BCUT2D eigenvalue weighted by Crippen LogP contribution is 2.17. The first kappa shape index (κ1) is 17.2. The van der Waals surface area contributed by atoms with Crippen LogP contribution in [0.15, 0.2) is 4.99 Å². The van der Waals surface area contributed by atoms with E-state index in [2.05, 4.69) is 53.3 Å². The van der Waals surface area contributed by atoms with Gasteiger partial charge in [-0.2, -0.15) is 0 Å². The third kappa shape index (κ3) is 5.25. The standard InChI is InChI=1S/C16H29N5S/c1-5-17-16(18-10-14-6-8-21(4)9-7-14)19-11-15-20-12(2)13(3)22-15/h14H,5-11H2,1-4H3,(H2,17,18,19). The Hall–Kier alpha value is -1.14. The number of nitrogens with zero attached hydrogens (tertiary/aromatic N) is 3. The molecule has 0 saturated carbocycles. The van der Waals surface area contributed by atoms with E-state index < -0.39 is 0 Å². The van der Waals surface area contributed by atoms with Gasteiger partial charge in [0.25, 0.3) is 0 Å². The van der Waals surface area contributed by atoms with Crippen LogP contribution >= 0.6 is 11.3 Å². The second-order valence-corrected chi connectivity index (χ2v) is 7.36. The van der Waals surface area contributed by atoms with Gasteiger partial charge in [-0.05, 0) is 59.7 Å². The highest BCUT2D eigenvalue weighted by atomic mass is 32.1. The minimum Gasteiger partial charge on any atom is -0.357 e. The first-order valence-electron chi connectivity index (χ1n) is 8.22. The Balaban J connectivity index is 1.84. The van der Waals surface area contributed by atoms with E-state index in [1.54, 1.807) is 11.3 Å². The fraction of sp³-hybridized carbons (Fsp3) is 0.750. The van der Waals surface area contributed by atoms with Crippen molar-refractivity contribution < 1.29 is 0 Å². The summed E-state index contributed by atoms with van der Waals surface area (Å²) in [6, 6.07) is 0. The fourth-order valence-electron chi connectivity index (χ4n) is 2.60. The minimum absolute atomic E-state index is 0.655. The van der Waals surface area contributed by atoms with Gasteiger partial charge < -0.3 is 15.5 Å². The lowest BCUT2D eigenvalue weighted by Crippen LogP contribution is -2.42. The van der Waals surface area contributed by atoms with Crippen LogP contribution in [0.4, 0.5) is 0 Å². The van der Waals surface area contributed by atoms with Crippen molar-refractivity contribution in [1.82, 2.24) is 20.5 Å². The lowest BCUT2D eigenvalue weighted by atomic mass is 9.97. The minimum atomic E-state index is 0.655. The molecule has 2 heterocycles. The molecule has 0 aromatic carbocycles. The maximum absolute atomic E-state index is 4.67. The van der Waals surface area contributed by atoms with E-state index in [1.807, 2.05) is 0 Å². The lowest BCUT2D eigenvalue weighted by molar-refractivity contribution is 0.220. The van der Waals surface area contributed by atoms with Gasteiger partial charge in [0, 0.05) is 18.0 Å². The topological polar surface area (TPSA) is 52.6 Å². The van der Waals surface area contributed by atoms with Crippen molar-refractivity contribution in [2.24, 2.45) is 10.9 Å². The van der Waals surface area contributed by atoms with E-state index in [0.29, 0.717) is 6.54 Å². The number of aryl methyl sites for hydroxylation is 2. The number of hydrogen-bond donors (Lipinski definition) is 2. The summed E-state index contributed by atoms with van der Waals surface area (Å²) < 4.78 is 0.